The number of rotatable bonds is 11. The fourth-order valence-corrected chi connectivity index (χ4v) is 1.92. The van der Waals surface area contributed by atoms with E-state index in [4.69, 9.17) is 5.11 Å². The lowest BCUT2D eigenvalue weighted by atomic mass is 10.1. The molecule has 0 amide bonds. The summed E-state index contributed by atoms with van der Waals surface area (Å²) in [5, 5.41) is 7.94. The largest absolute Gasteiger partial charge is 0.393 e. The molecule has 0 aromatic heterocycles. The van der Waals surface area contributed by atoms with Crippen LogP contribution in [0.4, 0.5) is 0 Å². The first-order valence-corrected chi connectivity index (χ1v) is 8.16. The second-order valence-corrected chi connectivity index (χ2v) is 5.83. The lowest BCUT2D eigenvalue weighted by Crippen LogP contribution is -2.12. The minimum absolute atomic E-state index is 0.417. The van der Waals surface area contributed by atoms with Crippen molar-refractivity contribution in [2.75, 3.05) is 20.6 Å². The summed E-state index contributed by atoms with van der Waals surface area (Å²) in [5.41, 5.74) is 0. The molecule has 0 aliphatic heterocycles. The Labute approximate surface area is 122 Å². The molecule has 19 heavy (non-hydrogen) atoms. The molecule has 0 aliphatic rings. The molecular formula is C17H38NO. The molecule has 0 bridgehead atoms. The Morgan fingerprint density at radius 3 is 1.47 bits per heavy atom. The normalized spacial score (nSPS) is 10.7. The molecule has 0 saturated heterocycles. The van der Waals surface area contributed by atoms with Crippen molar-refractivity contribution in [2.24, 2.45) is 0 Å². The Morgan fingerprint density at radius 1 is 0.842 bits per heavy atom. The van der Waals surface area contributed by atoms with Crippen LogP contribution in [0.2, 0.25) is 0 Å². The fourth-order valence-electron chi connectivity index (χ4n) is 1.92. The highest BCUT2D eigenvalue weighted by atomic mass is 16.3. The summed E-state index contributed by atoms with van der Waals surface area (Å²) in [6.07, 6.45) is 13.9. The molecule has 0 spiro atoms. The number of hydrogen-bond donors (Lipinski definition) is 1. The average Bonchev–Trinajstić information content (AvgIpc) is 2.30. The van der Waals surface area contributed by atoms with Crippen molar-refractivity contribution in [3.63, 3.8) is 0 Å². The van der Waals surface area contributed by atoms with Crippen molar-refractivity contribution in [2.45, 2.75) is 84.2 Å². The van der Waals surface area contributed by atoms with Gasteiger partial charge in [0.1, 0.15) is 0 Å². The SMILES string of the molecule is CCCCCCCCCCCCN(C)C.[CH2]C(C)O. The van der Waals surface area contributed by atoms with Crippen molar-refractivity contribution in [3.05, 3.63) is 6.92 Å². The average molecular weight is 272 g/mol. The van der Waals surface area contributed by atoms with Crippen LogP contribution in [0.25, 0.3) is 0 Å². The van der Waals surface area contributed by atoms with Crippen LogP contribution in [0.15, 0.2) is 0 Å². The summed E-state index contributed by atoms with van der Waals surface area (Å²) < 4.78 is 0. The third-order valence-electron chi connectivity index (χ3n) is 2.96. The highest BCUT2D eigenvalue weighted by Gasteiger charge is 1.93. The highest BCUT2D eigenvalue weighted by molar-refractivity contribution is 4.49. The Kier molecular flexibility index (Phi) is 20.0. The van der Waals surface area contributed by atoms with Crippen molar-refractivity contribution >= 4 is 0 Å². The quantitative estimate of drug-likeness (QED) is 0.552. The second-order valence-electron chi connectivity index (χ2n) is 5.83. The topological polar surface area (TPSA) is 23.5 Å². The predicted molar refractivity (Wildman–Crippen MR) is 87.4 cm³/mol. The van der Waals surface area contributed by atoms with Gasteiger partial charge in [0.25, 0.3) is 0 Å². The summed E-state index contributed by atoms with van der Waals surface area (Å²) in [6.45, 7) is 8.35. The van der Waals surface area contributed by atoms with Gasteiger partial charge in [0.15, 0.2) is 0 Å². The highest BCUT2D eigenvalue weighted by Crippen LogP contribution is 2.10. The van der Waals surface area contributed by atoms with Crippen molar-refractivity contribution in [3.8, 4) is 0 Å². The van der Waals surface area contributed by atoms with Crippen LogP contribution in [0.1, 0.15) is 78.1 Å². The molecule has 0 fully saturated rings. The Bertz CT molecular complexity index is 143. The second kappa shape index (κ2) is 17.9. The van der Waals surface area contributed by atoms with E-state index in [-0.39, 0.29) is 0 Å². The van der Waals surface area contributed by atoms with E-state index in [2.05, 4.69) is 32.8 Å². The summed E-state index contributed by atoms with van der Waals surface area (Å²) in [5.74, 6) is 0. The lowest BCUT2D eigenvalue weighted by molar-refractivity contribution is 0.241. The maximum Gasteiger partial charge on any atom is 0.0513 e. The van der Waals surface area contributed by atoms with Crippen LogP contribution in [0.5, 0.6) is 0 Å². The van der Waals surface area contributed by atoms with Gasteiger partial charge in [0, 0.05) is 0 Å². The molecule has 0 saturated carbocycles. The van der Waals surface area contributed by atoms with E-state index in [0.717, 1.165) is 0 Å². The predicted octanol–water partition coefficient (Wildman–Crippen LogP) is 4.67. The minimum atomic E-state index is -0.417. The van der Waals surface area contributed by atoms with E-state index in [1.165, 1.54) is 70.8 Å². The molecule has 2 heteroatoms. The number of hydrogen-bond acceptors (Lipinski definition) is 2. The molecule has 1 unspecified atom stereocenters. The smallest absolute Gasteiger partial charge is 0.0513 e. The van der Waals surface area contributed by atoms with E-state index in [1.54, 1.807) is 6.92 Å². The maximum absolute atomic E-state index is 7.94. The van der Waals surface area contributed by atoms with Gasteiger partial charge in [-0.1, -0.05) is 64.7 Å². The van der Waals surface area contributed by atoms with E-state index < -0.39 is 6.10 Å². The van der Waals surface area contributed by atoms with Gasteiger partial charge in [-0.15, -0.1) is 0 Å². The van der Waals surface area contributed by atoms with Gasteiger partial charge in [-0.05, 0) is 40.9 Å². The van der Waals surface area contributed by atoms with Crippen LogP contribution in [-0.4, -0.2) is 36.8 Å². The number of aliphatic hydroxyl groups excluding tert-OH is 1. The van der Waals surface area contributed by atoms with Crippen molar-refractivity contribution < 1.29 is 5.11 Å². The van der Waals surface area contributed by atoms with Crippen LogP contribution in [0, 0.1) is 6.92 Å². The van der Waals surface area contributed by atoms with Gasteiger partial charge in [0.05, 0.1) is 6.10 Å². The van der Waals surface area contributed by atoms with Gasteiger partial charge in [-0.25, -0.2) is 0 Å². The molecule has 0 aliphatic carbocycles. The zero-order chi connectivity index (χ0) is 14.9. The van der Waals surface area contributed by atoms with E-state index in [0.29, 0.717) is 0 Å². The first kappa shape index (κ1) is 21.2. The molecule has 0 aromatic rings. The molecule has 1 atom stereocenters. The van der Waals surface area contributed by atoms with E-state index >= 15 is 0 Å². The number of nitrogens with zero attached hydrogens (tertiary/aromatic N) is 1. The Morgan fingerprint density at radius 2 is 1.16 bits per heavy atom. The van der Waals surface area contributed by atoms with E-state index in [1.807, 2.05) is 0 Å². The molecular weight excluding hydrogens is 234 g/mol. The molecule has 1 radical (unpaired) electrons. The summed E-state index contributed by atoms with van der Waals surface area (Å²) >= 11 is 0. The molecule has 0 aromatic carbocycles. The third kappa shape index (κ3) is 32.0. The summed E-state index contributed by atoms with van der Waals surface area (Å²) in [4.78, 5) is 2.28. The van der Waals surface area contributed by atoms with Gasteiger partial charge >= 0.3 is 0 Å². The van der Waals surface area contributed by atoms with Crippen LogP contribution in [-0.2, 0) is 0 Å². The maximum atomic E-state index is 7.94. The third-order valence-corrected chi connectivity index (χ3v) is 2.96. The van der Waals surface area contributed by atoms with Gasteiger partial charge in [0.2, 0.25) is 0 Å². The Balaban J connectivity index is 0. The summed E-state index contributed by atoms with van der Waals surface area (Å²) in [7, 11) is 4.32. The number of aliphatic hydroxyl groups is 1. The van der Waals surface area contributed by atoms with Crippen LogP contribution in [0.3, 0.4) is 0 Å². The standard InChI is InChI=1S/C14H31N.C3H7O/c1-4-5-6-7-8-9-10-11-12-13-14-15(2)3;1-3(2)4/h4-14H2,1-3H3;3-4H,1H2,2H3. The zero-order valence-corrected chi connectivity index (χ0v) is 14.0. The first-order chi connectivity index (χ1) is 9.00. The van der Waals surface area contributed by atoms with Gasteiger partial charge in [-0.3, -0.25) is 0 Å². The lowest BCUT2D eigenvalue weighted by Gasteiger charge is -2.08. The molecule has 117 valence electrons. The Hall–Kier alpha value is -0.0800. The number of unbranched alkanes of at least 4 members (excludes halogenated alkanes) is 9. The molecule has 0 rings (SSSR count). The fraction of sp³-hybridized carbons (Fsp3) is 0.941. The van der Waals surface area contributed by atoms with E-state index in [9.17, 15) is 0 Å². The van der Waals surface area contributed by atoms with Crippen LogP contribution < -0.4 is 0 Å². The zero-order valence-electron chi connectivity index (χ0n) is 14.0. The van der Waals surface area contributed by atoms with Gasteiger partial charge < -0.3 is 10.0 Å². The van der Waals surface area contributed by atoms with Crippen LogP contribution >= 0.6 is 0 Å². The van der Waals surface area contributed by atoms with Gasteiger partial charge in [-0.2, -0.15) is 0 Å². The first-order valence-electron chi connectivity index (χ1n) is 8.16. The van der Waals surface area contributed by atoms with Crippen molar-refractivity contribution in [1.29, 1.82) is 0 Å². The summed E-state index contributed by atoms with van der Waals surface area (Å²) in [6, 6.07) is 0. The monoisotopic (exact) mass is 272 g/mol. The molecule has 2 nitrogen and oxygen atoms in total. The van der Waals surface area contributed by atoms with Crippen molar-refractivity contribution in [1.82, 2.24) is 4.90 Å². The minimum Gasteiger partial charge on any atom is -0.393 e. The molecule has 1 N–H and O–H groups in total. The molecule has 0 heterocycles.